The van der Waals surface area contributed by atoms with Gasteiger partial charge in [-0.25, -0.2) is 9.97 Å². The number of nitrogens with one attached hydrogen (secondary N) is 2. The van der Waals surface area contributed by atoms with Gasteiger partial charge < -0.3 is 10.3 Å². The molecule has 3 rings (SSSR count). The van der Waals surface area contributed by atoms with Crippen LogP contribution in [0.25, 0.3) is 10.2 Å². The Morgan fingerprint density at radius 3 is 2.92 bits per heavy atom. The molecule has 0 spiro atoms. The van der Waals surface area contributed by atoms with Crippen LogP contribution in [0, 0.1) is 13.8 Å². The maximum Gasteiger partial charge on any atom is 0.259 e. The predicted molar refractivity (Wildman–Crippen MR) is 103 cm³/mol. The molecule has 0 unspecified atom stereocenters. The number of pyridine rings is 1. The Morgan fingerprint density at radius 1 is 1.40 bits per heavy atom. The van der Waals surface area contributed by atoms with Crippen LogP contribution in [0.15, 0.2) is 29.2 Å². The van der Waals surface area contributed by atoms with Gasteiger partial charge in [-0.15, -0.1) is 23.1 Å². The highest BCUT2D eigenvalue weighted by Gasteiger charge is 2.16. The number of aromatic nitrogens is 3. The van der Waals surface area contributed by atoms with Gasteiger partial charge in [0.15, 0.2) is 0 Å². The van der Waals surface area contributed by atoms with Crippen LogP contribution in [0.1, 0.15) is 23.2 Å². The summed E-state index contributed by atoms with van der Waals surface area (Å²) in [6.07, 6.45) is 1.63. The zero-order chi connectivity index (χ0) is 18.0. The minimum absolute atomic E-state index is 0.118. The molecule has 0 saturated heterocycles. The number of thiophene rings is 1. The molecule has 0 aromatic carbocycles. The van der Waals surface area contributed by atoms with Gasteiger partial charge in [-0.05, 0) is 38.5 Å². The number of hydrogen-bond acceptors (Lipinski definition) is 6. The lowest BCUT2D eigenvalue weighted by atomic mass is 10.2. The molecule has 1 amide bonds. The molecular formula is C17H18N4O2S2. The van der Waals surface area contributed by atoms with E-state index in [4.69, 9.17) is 0 Å². The summed E-state index contributed by atoms with van der Waals surface area (Å²) >= 11 is 2.94. The topological polar surface area (TPSA) is 87.7 Å². The van der Waals surface area contributed by atoms with Crippen LogP contribution in [0.5, 0.6) is 0 Å². The summed E-state index contributed by atoms with van der Waals surface area (Å²) in [5.41, 5.74) is 0.865. The van der Waals surface area contributed by atoms with Crippen molar-refractivity contribution in [1.82, 2.24) is 15.0 Å². The third-order valence-electron chi connectivity index (χ3n) is 3.84. The fourth-order valence-electron chi connectivity index (χ4n) is 2.31. The zero-order valence-corrected chi connectivity index (χ0v) is 15.8. The van der Waals surface area contributed by atoms with E-state index in [1.165, 1.54) is 23.1 Å². The third-order valence-corrected chi connectivity index (χ3v) is 6.10. The van der Waals surface area contributed by atoms with Gasteiger partial charge in [-0.2, -0.15) is 0 Å². The Bertz CT molecular complexity index is 966. The van der Waals surface area contributed by atoms with E-state index in [2.05, 4.69) is 20.3 Å². The maximum atomic E-state index is 12.3. The normalized spacial score (nSPS) is 12.3. The van der Waals surface area contributed by atoms with Gasteiger partial charge in [0.1, 0.15) is 16.5 Å². The lowest BCUT2D eigenvalue weighted by molar-refractivity contribution is -0.115. The van der Waals surface area contributed by atoms with Crippen LogP contribution in [0.4, 0.5) is 5.82 Å². The fraction of sp³-hybridized carbons (Fsp3) is 0.294. The lowest BCUT2D eigenvalue weighted by Crippen LogP contribution is -2.23. The largest absolute Gasteiger partial charge is 0.310 e. The standard InChI is InChI=1S/C17H18N4O2S2/c1-9-10(2)25-17-14(9)16(23)20-13(21-17)8-24-11(3)15(22)19-12-6-4-5-7-18-12/h4-7,11H,8H2,1-3H3,(H,18,19,22)(H,20,21,23)/t11-/m0/s1. The minimum Gasteiger partial charge on any atom is -0.310 e. The van der Waals surface area contributed by atoms with Crippen molar-refractivity contribution in [3.8, 4) is 0 Å². The second kappa shape index (κ2) is 7.37. The highest BCUT2D eigenvalue weighted by atomic mass is 32.2. The number of aromatic amines is 1. The molecule has 1 atom stereocenters. The second-order valence-electron chi connectivity index (χ2n) is 5.63. The monoisotopic (exact) mass is 374 g/mol. The van der Waals surface area contributed by atoms with Crippen LogP contribution in [0.3, 0.4) is 0 Å². The molecule has 3 aromatic rings. The van der Waals surface area contributed by atoms with Crippen LogP contribution >= 0.6 is 23.1 Å². The summed E-state index contributed by atoms with van der Waals surface area (Å²) < 4.78 is 0. The van der Waals surface area contributed by atoms with E-state index < -0.39 is 0 Å². The molecule has 0 bridgehead atoms. The van der Waals surface area contributed by atoms with Crippen LogP contribution in [-0.4, -0.2) is 26.1 Å². The first-order valence-corrected chi connectivity index (χ1v) is 9.64. The predicted octanol–water partition coefficient (Wildman–Crippen LogP) is 3.26. The molecule has 6 nitrogen and oxygen atoms in total. The molecule has 3 aromatic heterocycles. The first-order chi connectivity index (χ1) is 12.0. The number of amides is 1. The summed E-state index contributed by atoms with van der Waals surface area (Å²) in [4.78, 5) is 37.7. The molecule has 8 heteroatoms. The number of fused-ring (bicyclic) bond motifs is 1. The fourth-order valence-corrected chi connectivity index (χ4v) is 4.12. The van der Waals surface area contributed by atoms with Crippen molar-refractivity contribution in [2.75, 3.05) is 5.32 Å². The van der Waals surface area contributed by atoms with Gasteiger partial charge >= 0.3 is 0 Å². The second-order valence-corrected chi connectivity index (χ2v) is 8.17. The van der Waals surface area contributed by atoms with Gasteiger partial charge in [0, 0.05) is 11.1 Å². The Hall–Kier alpha value is -2.19. The number of hydrogen-bond donors (Lipinski definition) is 2. The molecule has 0 aliphatic heterocycles. The molecule has 2 N–H and O–H groups in total. The van der Waals surface area contributed by atoms with Crippen molar-refractivity contribution >= 4 is 45.0 Å². The number of carbonyl (C=O) groups is 1. The summed E-state index contributed by atoms with van der Waals surface area (Å²) in [6.45, 7) is 5.74. The van der Waals surface area contributed by atoms with Gasteiger partial charge in [-0.1, -0.05) is 6.07 Å². The molecular weight excluding hydrogens is 356 g/mol. The highest BCUT2D eigenvalue weighted by Crippen LogP contribution is 2.26. The van der Waals surface area contributed by atoms with E-state index >= 15 is 0 Å². The number of H-pyrrole nitrogens is 1. The van der Waals surface area contributed by atoms with Crippen molar-refractivity contribution < 1.29 is 4.79 Å². The first kappa shape index (κ1) is 17.6. The number of carbonyl (C=O) groups excluding carboxylic acids is 1. The van der Waals surface area contributed by atoms with E-state index in [1.807, 2.05) is 26.8 Å². The number of thioether (sulfide) groups is 1. The van der Waals surface area contributed by atoms with E-state index in [0.717, 1.165) is 15.3 Å². The summed E-state index contributed by atoms with van der Waals surface area (Å²) in [7, 11) is 0. The van der Waals surface area contributed by atoms with Crippen molar-refractivity contribution in [2.45, 2.75) is 31.8 Å². The average molecular weight is 374 g/mol. The molecule has 0 aliphatic carbocycles. The number of anilines is 1. The number of aryl methyl sites for hydroxylation is 2. The molecule has 25 heavy (non-hydrogen) atoms. The number of rotatable bonds is 5. The minimum atomic E-state index is -0.296. The summed E-state index contributed by atoms with van der Waals surface area (Å²) in [6, 6.07) is 5.35. The van der Waals surface area contributed by atoms with Crippen LogP contribution in [-0.2, 0) is 10.5 Å². The van der Waals surface area contributed by atoms with Crippen LogP contribution in [0.2, 0.25) is 0 Å². The molecule has 3 heterocycles. The smallest absolute Gasteiger partial charge is 0.259 e. The van der Waals surface area contributed by atoms with E-state index in [-0.39, 0.29) is 16.7 Å². The van der Waals surface area contributed by atoms with Gasteiger partial charge in [0.25, 0.3) is 5.56 Å². The van der Waals surface area contributed by atoms with Gasteiger partial charge in [0.2, 0.25) is 5.91 Å². The van der Waals surface area contributed by atoms with Crippen LogP contribution < -0.4 is 10.9 Å². The van der Waals surface area contributed by atoms with E-state index in [1.54, 1.807) is 18.3 Å². The average Bonchev–Trinajstić information content (AvgIpc) is 2.88. The Kier molecular flexibility index (Phi) is 5.19. The lowest BCUT2D eigenvalue weighted by Gasteiger charge is -2.11. The van der Waals surface area contributed by atoms with Gasteiger partial charge in [-0.3, -0.25) is 9.59 Å². The molecule has 0 radical (unpaired) electrons. The third kappa shape index (κ3) is 3.91. The van der Waals surface area contributed by atoms with Crippen molar-refractivity contribution in [3.05, 3.63) is 51.0 Å². The first-order valence-electron chi connectivity index (χ1n) is 7.78. The van der Waals surface area contributed by atoms with E-state index in [0.29, 0.717) is 22.8 Å². The molecule has 0 aliphatic rings. The van der Waals surface area contributed by atoms with Crippen molar-refractivity contribution in [2.24, 2.45) is 0 Å². The molecule has 130 valence electrons. The SMILES string of the molecule is Cc1sc2nc(CS[C@@H](C)C(=O)Nc3ccccn3)[nH]c(=O)c2c1C. The zero-order valence-electron chi connectivity index (χ0n) is 14.1. The Morgan fingerprint density at radius 2 is 2.20 bits per heavy atom. The highest BCUT2D eigenvalue weighted by molar-refractivity contribution is 7.99. The van der Waals surface area contributed by atoms with Crippen molar-refractivity contribution in [1.29, 1.82) is 0 Å². The maximum absolute atomic E-state index is 12.3. The molecule has 0 saturated carbocycles. The summed E-state index contributed by atoms with van der Waals surface area (Å²) in [5.74, 6) is 1.44. The Labute approximate surface area is 153 Å². The van der Waals surface area contributed by atoms with Crippen molar-refractivity contribution in [3.63, 3.8) is 0 Å². The summed E-state index contributed by atoms with van der Waals surface area (Å²) in [5, 5.41) is 3.14. The molecule has 0 fully saturated rings. The van der Waals surface area contributed by atoms with E-state index in [9.17, 15) is 9.59 Å². The number of nitrogens with zero attached hydrogens (tertiary/aromatic N) is 2. The Balaban J connectivity index is 1.68. The quantitative estimate of drug-likeness (QED) is 0.716. The van der Waals surface area contributed by atoms with Gasteiger partial charge in [0.05, 0.1) is 16.4 Å².